The Labute approximate surface area is 108 Å². The molecule has 0 bridgehead atoms. The highest BCUT2D eigenvalue weighted by Gasteiger charge is 2.18. The van der Waals surface area contributed by atoms with Gasteiger partial charge in [-0.15, -0.1) is 0 Å². The Morgan fingerprint density at radius 1 is 1.53 bits per heavy atom. The van der Waals surface area contributed by atoms with Gasteiger partial charge in [-0.1, -0.05) is 22.0 Å². The molecule has 1 atom stereocenters. The third-order valence-corrected chi connectivity index (χ3v) is 3.33. The lowest BCUT2D eigenvalue weighted by Gasteiger charge is -2.13. The van der Waals surface area contributed by atoms with Gasteiger partial charge in [-0.3, -0.25) is 4.79 Å². The molecule has 1 aromatic carbocycles. The van der Waals surface area contributed by atoms with E-state index in [4.69, 9.17) is 10.8 Å². The number of aliphatic carboxylic acids is 1. The van der Waals surface area contributed by atoms with E-state index in [2.05, 4.69) is 15.9 Å². The van der Waals surface area contributed by atoms with Crippen LogP contribution in [0.3, 0.4) is 0 Å². The third kappa shape index (κ3) is 4.44. The second kappa shape index (κ2) is 6.71. The second-order valence-electron chi connectivity index (χ2n) is 3.91. The van der Waals surface area contributed by atoms with E-state index in [9.17, 15) is 9.18 Å². The van der Waals surface area contributed by atoms with Crippen molar-refractivity contribution < 1.29 is 14.3 Å². The van der Waals surface area contributed by atoms with Crippen molar-refractivity contribution in [3.8, 4) is 0 Å². The van der Waals surface area contributed by atoms with E-state index in [1.165, 1.54) is 12.1 Å². The Morgan fingerprint density at radius 3 is 2.76 bits per heavy atom. The molecule has 0 spiro atoms. The molecular formula is C12H15BrFNO2. The van der Waals surface area contributed by atoms with Crippen LogP contribution in [0.5, 0.6) is 0 Å². The first-order valence-electron chi connectivity index (χ1n) is 5.41. The Kier molecular flexibility index (Phi) is 5.58. The topological polar surface area (TPSA) is 63.3 Å². The maximum absolute atomic E-state index is 12.9. The molecule has 3 N–H and O–H groups in total. The van der Waals surface area contributed by atoms with Gasteiger partial charge in [0.25, 0.3) is 0 Å². The minimum absolute atomic E-state index is 0.338. The summed E-state index contributed by atoms with van der Waals surface area (Å²) in [4.78, 5) is 11.1. The fourth-order valence-electron chi connectivity index (χ4n) is 1.63. The SMILES string of the molecule is NCCCC(Cc1ccc(F)cc1Br)C(=O)O. The number of hydrogen-bond donors (Lipinski definition) is 2. The van der Waals surface area contributed by atoms with Gasteiger partial charge in [0.1, 0.15) is 5.82 Å². The number of carboxylic acid groups (broad SMARTS) is 1. The van der Waals surface area contributed by atoms with Crippen molar-refractivity contribution >= 4 is 21.9 Å². The molecule has 0 saturated carbocycles. The van der Waals surface area contributed by atoms with E-state index in [-0.39, 0.29) is 5.82 Å². The fraction of sp³-hybridized carbons (Fsp3) is 0.417. The summed E-state index contributed by atoms with van der Waals surface area (Å²) in [5.74, 6) is -1.65. The average Bonchev–Trinajstić information content (AvgIpc) is 2.26. The van der Waals surface area contributed by atoms with Crippen LogP contribution in [0.1, 0.15) is 18.4 Å². The van der Waals surface area contributed by atoms with Crippen molar-refractivity contribution in [1.29, 1.82) is 0 Å². The van der Waals surface area contributed by atoms with Crippen LogP contribution in [-0.2, 0) is 11.2 Å². The molecule has 17 heavy (non-hydrogen) atoms. The quantitative estimate of drug-likeness (QED) is 0.849. The predicted molar refractivity (Wildman–Crippen MR) is 67.2 cm³/mol. The van der Waals surface area contributed by atoms with Gasteiger partial charge in [-0.05, 0) is 43.5 Å². The van der Waals surface area contributed by atoms with Gasteiger partial charge in [-0.25, -0.2) is 4.39 Å². The van der Waals surface area contributed by atoms with Gasteiger partial charge in [0.2, 0.25) is 0 Å². The summed E-state index contributed by atoms with van der Waals surface area (Å²) in [7, 11) is 0. The molecule has 0 fully saturated rings. The maximum atomic E-state index is 12.9. The minimum Gasteiger partial charge on any atom is -0.481 e. The largest absolute Gasteiger partial charge is 0.481 e. The van der Waals surface area contributed by atoms with E-state index in [0.717, 1.165) is 5.56 Å². The summed E-state index contributed by atoms with van der Waals surface area (Å²) in [6, 6.07) is 4.29. The van der Waals surface area contributed by atoms with Gasteiger partial charge < -0.3 is 10.8 Å². The molecule has 3 nitrogen and oxygen atoms in total. The molecule has 0 saturated heterocycles. The first-order chi connectivity index (χ1) is 8.04. The van der Waals surface area contributed by atoms with Crippen LogP contribution in [0, 0.1) is 11.7 Å². The molecule has 94 valence electrons. The number of benzene rings is 1. The van der Waals surface area contributed by atoms with Gasteiger partial charge in [0, 0.05) is 4.47 Å². The molecule has 0 radical (unpaired) electrons. The van der Waals surface area contributed by atoms with Gasteiger partial charge in [0.05, 0.1) is 5.92 Å². The zero-order valence-corrected chi connectivity index (χ0v) is 10.9. The number of hydrogen-bond acceptors (Lipinski definition) is 2. The molecule has 1 unspecified atom stereocenters. The highest BCUT2D eigenvalue weighted by atomic mass is 79.9. The van der Waals surface area contributed by atoms with E-state index < -0.39 is 11.9 Å². The van der Waals surface area contributed by atoms with Crippen LogP contribution < -0.4 is 5.73 Å². The summed E-state index contributed by atoms with van der Waals surface area (Å²) in [5.41, 5.74) is 6.17. The first-order valence-corrected chi connectivity index (χ1v) is 6.20. The standard InChI is InChI=1S/C12H15BrFNO2/c13-11-7-10(14)4-3-8(11)6-9(12(16)17)2-1-5-15/h3-4,7,9H,1-2,5-6,15H2,(H,16,17). The van der Waals surface area contributed by atoms with Crippen LogP contribution >= 0.6 is 15.9 Å². The van der Waals surface area contributed by atoms with Crippen molar-refractivity contribution in [2.75, 3.05) is 6.54 Å². The van der Waals surface area contributed by atoms with Gasteiger partial charge in [0.15, 0.2) is 0 Å². The van der Waals surface area contributed by atoms with Crippen LogP contribution in [0.25, 0.3) is 0 Å². The van der Waals surface area contributed by atoms with Gasteiger partial charge in [-0.2, -0.15) is 0 Å². The van der Waals surface area contributed by atoms with Crippen molar-refractivity contribution in [2.45, 2.75) is 19.3 Å². The lowest BCUT2D eigenvalue weighted by molar-refractivity contribution is -0.141. The van der Waals surface area contributed by atoms with E-state index in [0.29, 0.717) is 30.3 Å². The Bertz CT molecular complexity index is 398. The summed E-state index contributed by atoms with van der Waals surface area (Å²) < 4.78 is 13.5. The number of carboxylic acids is 1. The zero-order valence-electron chi connectivity index (χ0n) is 9.33. The Balaban J connectivity index is 2.75. The Hall–Kier alpha value is -0.940. The molecule has 0 amide bonds. The van der Waals surface area contributed by atoms with Crippen LogP contribution in [-0.4, -0.2) is 17.6 Å². The molecule has 0 aliphatic rings. The van der Waals surface area contributed by atoms with Gasteiger partial charge >= 0.3 is 5.97 Å². The maximum Gasteiger partial charge on any atom is 0.306 e. The summed E-state index contributed by atoms with van der Waals surface area (Å²) >= 11 is 3.24. The van der Waals surface area contributed by atoms with E-state index in [1.807, 2.05) is 0 Å². The lowest BCUT2D eigenvalue weighted by atomic mass is 9.95. The number of carbonyl (C=O) groups is 1. The normalized spacial score (nSPS) is 12.4. The summed E-state index contributed by atoms with van der Waals surface area (Å²) in [5, 5.41) is 9.08. The van der Waals surface area contributed by atoms with Crippen molar-refractivity contribution in [3.63, 3.8) is 0 Å². The predicted octanol–water partition coefficient (Wildman–Crippen LogP) is 2.57. The summed E-state index contributed by atoms with van der Waals surface area (Å²) in [6.07, 6.45) is 1.60. The Morgan fingerprint density at radius 2 is 2.24 bits per heavy atom. The molecule has 0 heterocycles. The molecule has 1 aromatic rings. The van der Waals surface area contributed by atoms with E-state index >= 15 is 0 Å². The smallest absolute Gasteiger partial charge is 0.306 e. The van der Waals surface area contributed by atoms with Crippen molar-refractivity contribution in [3.05, 3.63) is 34.1 Å². The molecule has 5 heteroatoms. The molecule has 1 rings (SSSR count). The molecule has 0 aliphatic carbocycles. The zero-order chi connectivity index (χ0) is 12.8. The second-order valence-corrected chi connectivity index (χ2v) is 4.76. The molecule has 0 aromatic heterocycles. The van der Waals surface area contributed by atoms with Crippen LogP contribution in [0.2, 0.25) is 0 Å². The molecular weight excluding hydrogens is 289 g/mol. The monoisotopic (exact) mass is 303 g/mol. The van der Waals surface area contributed by atoms with Crippen molar-refractivity contribution in [1.82, 2.24) is 0 Å². The van der Waals surface area contributed by atoms with Crippen LogP contribution in [0.4, 0.5) is 4.39 Å². The molecule has 0 aliphatic heterocycles. The van der Waals surface area contributed by atoms with E-state index in [1.54, 1.807) is 6.07 Å². The number of halogens is 2. The average molecular weight is 304 g/mol. The third-order valence-electron chi connectivity index (χ3n) is 2.59. The minimum atomic E-state index is -0.838. The highest BCUT2D eigenvalue weighted by Crippen LogP contribution is 2.23. The van der Waals surface area contributed by atoms with Crippen molar-refractivity contribution in [2.24, 2.45) is 11.7 Å². The number of nitrogens with two attached hydrogens (primary N) is 1. The first kappa shape index (κ1) is 14.1. The number of rotatable bonds is 6. The van der Waals surface area contributed by atoms with Crippen LogP contribution in [0.15, 0.2) is 22.7 Å². The summed E-state index contributed by atoms with van der Waals surface area (Å²) in [6.45, 7) is 0.481. The fourth-order valence-corrected chi connectivity index (χ4v) is 2.14. The lowest BCUT2D eigenvalue weighted by Crippen LogP contribution is -2.18. The highest BCUT2D eigenvalue weighted by molar-refractivity contribution is 9.10.